The summed E-state index contributed by atoms with van der Waals surface area (Å²) in [6.45, 7) is 1.28. The fraction of sp³-hybridized carbons (Fsp3) is 0.188. The van der Waals surface area contributed by atoms with Gasteiger partial charge >= 0.3 is 0 Å². The quantitative estimate of drug-likeness (QED) is 0.226. The molecule has 4 aromatic rings. The number of amides is 2. The van der Waals surface area contributed by atoms with E-state index in [1.807, 2.05) is 37.3 Å². The highest BCUT2D eigenvalue weighted by Crippen LogP contribution is 2.27. The van der Waals surface area contributed by atoms with E-state index in [0.29, 0.717) is 15.6 Å². The Bertz CT molecular complexity index is 1630. The van der Waals surface area contributed by atoms with Crippen molar-refractivity contribution >= 4 is 50.7 Å². The van der Waals surface area contributed by atoms with Gasteiger partial charge in [-0.2, -0.15) is 0 Å². The number of aryl methyl sites for hydroxylation is 1. The molecule has 2 amide bonds. The maximum atomic E-state index is 14.3. The zero-order chi connectivity index (χ0) is 30.3. The zero-order valence-corrected chi connectivity index (χ0v) is 25.5. The van der Waals surface area contributed by atoms with Crippen LogP contribution < -0.4 is 9.62 Å². The predicted molar refractivity (Wildman–Crippen MR) is 167 cm³/mol. The number of rotatable bonds is 11. The number of nitrogens with zero attached hydrogens (tertiary/aromatic N) is 2. The van der Waals surface area contributed by atoms with E-state index >= 15 is 0 Å². The molecule has 0 spiro atoms. The van der Waals surface area contributed by atoms with Crippen molar-refractivity contribution in [1.82, 2.24) is 10.2 Å². The van der Waals surface area contributed by atoms with Crippen LogP contribution in [0.3, 0.4) is 0 Å². The van der Waals surface area contributed by atoms with E-state index in [2.05, 4.69) is 5.32 Å². The largest absolute Gasteiger partial charge is 0.357 e. The van der Waals surface area contributed by atoms with Gasteiger partial charge in [0.15, 0.2) is 0 Å². The Labute approximate surface area is 256 Å². The molecule has 10 heteroatoms. The Hall–Kier alpha value is -3.85. The average Bonchev–Trinajstić information content (AvgIpc) is 2.99. The minimum absolute atomic E-state index is 0.0114. The second-order valence-electron chi connectivity index (χ2n) is 9.73. The standard InChI is InChI=1S/C32H31Cl2N3O4S/c1-23-12-18-28(19-13-23)42(40,41)37(27-16-14-26(33)15-17-27)22-31(38)36(21-25-10-6-7-11-29(25)34)30(32(39)35-2)20-24-8-4-3-5-9-24/h3-19,30H,20-22H2,1-2H3,(H,35,39)/t30-/m1/s1. The first-order valence-electron chi connectivity index (χ1n) is 13.2. The molecule has 0 aliphatic rings. The number of sulfonamides is 1. The van der Waals surface area contributed by atoms with Crippen LogP contribution in [-0.4, -0.2) is 44.8 Å². The third kappa shape index (κ3) is 7.50. The van der Waals surface area contributed by atoms with Crippen LogP contribution in [0.25, 0.3) is 0 Å². The van der Waals surface area contributed by atoms with Gasteiger partial charge in [0.25, 0.3) is 10.0 Å². The van der Waals surface area contributed by atoms with Crippen LogP contribution in [-0.2, 0) is 32.6 Å². The van der Waals surface area contributed by atoms with Crippen molar-refractivity contribution in [1.29, 1.82) is 0 Å². The van der Waals surface area contributed by atoms with Crippen molar-refractivity contribution in [3.63, 3.8) is 0 Å². The number of hydrogen-bond donors (Lipinski definition) is 1. The molecule has 7 nitrogen and oxygen atoms in total. The highest BCUT2D eigenvalue weighted by atomic mass is 35.5. The normalized spacial score (nSPS) is 11.9. The molecule has 0 heterocycles. The lowest BCUT2D eigenvalue weighted by atomic mass is 10.0. The maximum absolute atomic E-state index is 14.3. The molecule has 0 saturated heterocycles. The molecule has 0 bridgehead atoms. The Morgan fingerprint density at radius 1 is 0.833 bits per heavy atom. The molecule has 0 saturated carbocycles. The summed E-state index contributed by atoms with van der Waals surface area (Å²) < 4.78 is 29.0. The fourth-order valence-corrected chi connectivity index (χ4v) is 6.24. The van der Waals surface area contributed by atoms with Crippen molar-refractivity contribution in [2.75, 3.05) is 17.9 Å². The van der Waals surface area contributed by atoms with Gasteiger partial charge in [0.2, 0.25) is 11.8 Å². The summed E-state index contributed by atoms with van der Waals surface area (Å²) >= 11 is 12.6. The van der Waals surface area contributed by atoms with Crippen molar-refractivity contribution in [2.24, 2.45) is 0 Å². The summed E-state index contributed by atoms with van der Waals surface area (Å²) in [5.41, 5.74) is 2.60. The molecule has 218 valence electrons. The molecule has 1 N–H and O–H groups in total. The lowest BCUT2D eigenvalue weighted by molar-refractivity contribution is -0.139. The summed E-state index contributed by atoms with van der Waals surface area (Å²) in [7, 11) is -2.69. The first kappa shape index (κ1) is 31.1. The summed E-state index contributed by atoms with van der Waals surface area (Å²) in [6.07, 6.45) is 0.211. The van der Waals surface area contributed by atoms with Gasteiger partial charge in [-0.25, -0.2) is 8.42 Å². The molecule has 0 aromatic heterocycles. The topological polar surface area (TPSA) is 86.8 Å². The summed E-state index contributed by atoms with van der Waals surface area (Å²) in [6, 6.07) is 28.0. The maximum Gasteiger partial charge on any atom is 0.264 e. The number of hydrogen-bond acceptors (Lipinski definition) is 4. The number of halogens is 2. The van der Waals surface area contributed by atoms with Gasteiger partial charge in [-0.15, -0.1) is 0 Å². The minimum atomic E-state index is -4.19. The molecular formula is C32H31Cl2N3O4S. The molecular weight excluding hydrogens is 593 g/mol. The van der Waals surface area contributed by atoms with E-state index in [4.69, 9.17) is 23.2 Å². The third-order valence-electron chi connectivity index (χ3n) is 6.82. The molecule has 4 rings (SSSR count). The Kier molecular flexibility index (Phi) is 10.3. The van der Waals surface area contributed by atoms with Crippen LogP contribution in [0.5, 0.6) is 0 Å². The van der Waals surface area contributed by atoms with Crippen LogP contribution in [0.15, 0.2) is 108 Å². The van der Waals surface area contributed by atoms with Crippen LogP contribution >= 0.6 is 23.2 Å². The minimum Gasteiger partial charge on any atom is -0.357 e. The predicted octanol–water partition coefficient (Wildman–Crippen LogP) is 5.88. The van der Waals surface area contributed by atoms with Crippen LogP contribution in [0.4, 0.5) is 5.69 Å². The van der Waals surface area contributed by atoms with Crippen molar-refractivity contribution in [3.05, 3.63) is 130 Å². The second-order valence-corrected chi connectivity index (χ2v) is 12.4. The number of carbonyl (C=O) groups is 2. The van der Waals surface area contributed by atoms with Gasteiger partial charge in [0.1, 0.15) is 12.6 Å². The molecule has 4 aromatic carbocycles. The van der Waals surface area contributed by atoms with E-state index in [-0.39, 0.29) is 23.5 Å². The highest BCUT2D eigenvalue weighted by Gasteiger charge is 2.34. The first-order valence-corrected chi connectivity index (χ1v) is 15.4. The number of nitrogens with one attached hydrogen (secondary N) is 1. The SMILES string of the molecule is CNC(=O)[C@@H](Cc1ccccc1)N(Cc1ccccc1Cl)C(=O)CN(c1ccc(Cl)cc1)S(=O)(=O)c1ccc(C)cc1. The zero-order valence-electron chi connectivity index (χ0n) is 23.2. The molecule has 0 aliphatic heterocycles. The molecule has 1 atom stereocenters. The van der Waals surface area contributed by atoms with E-state index in [1.54, 1.807) is 60.7 Å². The van der Waals surface area contributed by atoms with E-state index in [9.17, 15) is 18.0 Å². The Balaban J connectivity index is 1.79. The number of carbonyl (C=O) groups excluding carboxylic acids is 2. The summed E-state index contributed by atoms with van der Waals surface area (Å²) in [4.78, 5) is 29.0. The van der Waals surface area contributed by atoms with Crippen molar-refractivity contribution in [3.8, 4) is 0 Å². The molecule has 0 unspecified atom stereocenters. The number of anilines is 1. The lowest BCUT2D eigenvalue weighted by Gasteiger charge is -2.33. The molecule has 0 aliphatic carbocycles. The highest BCUT2D eigenvalue weighted by molar-refractivity contribution is 7.92. The van der Waals surface area contributed by atoms with E-state index in [0.717, 1.165) is 15.4 Å². The van der Waals surface area contributed by atoms with Gasteiger partial charge in [-0.3, -0.25) is 13.9 Å². The molecule has 0 fully saturated rings. The van der Waals surface area contributed by atoms with Gasteiger partial charge in [-0.05, 0) is 60.5 Å². The van der Waals surface area contributed by atoms with Crippen LogP contribution in [0.1, 0.15) is 16.7 Å². The smallest absolute Gasteiger partial charge is 0.264 e. The van der Waals surface area contributed by atoms with Gasteiger partial charge in [0.05, 0.1) is 10.6 Å². The first-order chi connectivity index (χ1) is 20.1. The Morgan fingerprint density at radius 2 is 1.45 bits per heavy atom. The van der Waals surface area contributed by atoms with Gasteiger partial charge in [-0.1, -0.05) is 89.4 Å². The second kappa shape index (κ2) is 13.9. The fourth-order valence-electron chi connectivity index (χ4n) is 4.50. The van der Waals surface area contributed by atoms with Gasteiger partial charge < -0.3 is 10.2 Å². The Morgan fingerprint density at radius 3 is 2.07 bits per heavy atom. The molecule has 0 radical (unpaired) electrons. The lowest BCUT2D eigenvalue weighted by Crippen LogP contribution is -2.53. The van der Waals surface area contributed by atoms with Crippen LogP contribution in [0, 0.1) is 6.92 Å². The number of likely N-dealkylation sites (N-methyl/N-ethyl adjacent to an activating group) is 1. The average molecular weight is 625 g/mol. The van der Waals surface area contributed by atoms with E-state index < -0.39 is 34.4 Å². The summed E-state index contributed by atoms with van der Waals surface area (Å²) in [5, 5.41) is 3.50. The van der Waals surface area contributed by atoms with Gasteiger partial charge in [0, 0.05) is 30.1 Å². The number of benzene rings is 4. The van der Waals surface area contributed by atoms with Crippen molar-refractivity contribution < 1.29 is 18.0 Å². The summed E-state index contributed by atoms with van der Waals surface area (Å²) in [5.74, 6) is -0.969. The van der Waals surface area contributed by atoms with E-state index in [1.165, 1.54) is 24.1 Å². The monoisotopic (exact) mass is 623 g/mol. The third-order valence-corrected chi connectivity index (χ3v) is 9.23. The molecule has 42 heavy (non-hydrogen) atoms. The van der Waals surface area contributed by atoms with Crippen molar-refractivity contribution in [2.45, 2.75) is 30.8 Å². The van der Waals surface area contributed by atoms with Crippen LogP contribution in [0.2, 0.25) is 10.0 Å².